The zero-order chi connectivity index (χ0) is 16.3. The Hall–Kier alpha value is -2.22. The summed E-state index contributed by atoms with van der Waals surface area (Å²) < 4.78 is 39.0. The molecule has 0 aromatic carbocycles. The maximum atomic E-state index is 13.0. The number of piperidine rings is 1. The Bertz CT molecular complexity index is 668. The van der Waals surface area contributed by atoms with Crippen molar-refractivity contribution in [2.75, 3.05) is 18.4 Å². The fraction of sp³-hybridized carbons (Fsp3) is 0.400. The quantitative estimate of drug-likeness (QED) is 0.909. The van der Waals surface area contributed by atoms with Crippen LogP contribution in [0.15, 0.2) is 30.6 Å². The number of pyridine rings is 1. The van der Waals surface area contributed by atoms with E-state index in [4.69, 9.17) is 0 Å². The van der Waals surface area contributed by atoms with E-state index in [1.165, 1.54) is 12.3 Å². The molecule has 0 spiro atoms. The van der Waals surface area contributed by atoms with E-state index in [1.807, 2.05) is 6.07 Å². The topological polar surface area (TPSA) is 62.7 Å². The first-order valence-electron chi connectivity index (χ1n) is 7.37. The minimum absolute atomic E-state index is 0.130. The average Bonchev–Trinajstić information content (AvgIpc) is 2.55. The molecule has 3 heterocycles. The van der Waals surface area contributed by atoms with E-state index in [0.29, 0.717) is 5.92 Å². The Morgan fingerprint density at radius 2 is 1.87 bits per heavy atom. The summed E-state index contributed by atoms with van der Waals surface area (Å²) in [6, 6.07) is 4.04. The summed E-state index contributed by atoms with van der Waals surface area (Å²) >= 11 is 0. The molecule has 0 bridgehead atoms. The maximum absolute atomic E-state index is 13.0. The van der Waals surface area contributed by atoms with Gasteiger partial charge in [0.1, 0.15) is 5.82 Å². The van der Waals surface area contributed by atoms with Crippen LogP contribution in [0.25, 0.3) is 0 Å². The molecule has 1 fully saturated rings. The lowest BCUT2D eigenvalue weighted by atomic mass is 9.94. The summed E-state index contributed by atoms with van der Waals surface area (Å²) in [6.45, 7) is 1.83. The first-order chi connectivity index (χ1) is 11.0. The molecule has 0 amide bonds. The van der Waals surface area contributed by atoms with Crippen LogP contribution in [0.4, 0.5) is 24.9 Å². The minimum atomic E-state index is -4.48. The summed E-state index contributed by atoms with van der Waals surface area (Å²) in [5.41, 5.74) is 0.00404. The van der Waals surface area contributed by atoms with Crippen LogP contribution in [0.3, 0.4) is 0 Å². The van der Waals surface area contributed by atoms with Crippen LogP contribution in [0.2, 0.25) is 0 Å². The van der Waals surface area contributed by atoms with E-state index in [2.05, 4.69) is 25.6 Å². The number of nitrogens with zero attached hydrogens (tertiary/aromatic N) is 3. The Balaban J connectivity index is 1.84. The lowest BCUT2D eigenvalue weighted by Gasteiger charge is -2.22. The molecule has 0 aliphatic carbocycles. The van der Waals surface area contributed by atoms with Gasteiger partial charge in [0.05, 0.1) is 5.56 Å². The van der Waals surface area contributed by atoms with E-state index >= 15 is 0 Å². The smallest absolute Gasteiger partial charge is 0.317 e. The summed E-state index contributed by atoms with van der Waals surface area (Å²) in [6.07, 6.45) is 0.280. The van der Waals surface area contributed by atoms with Gasteiger partial charge in [0, 0.05) is 24.0 Å². The van der Waals surface area contributed by atoms with Crippen molar-refractivity contribution < 1.29 is 13.2 Å². The van der Waals surface area contributed by atoms with Crippen molar-refractivity contribution in [2.24, 2.45) is 0 Å². The van der Waals surface area contributed by atoms with Gasteiger partial charge in [-0.15, -0.1) is 0 Å². The molecule has 0 unspecified atom stereocenters. The lowest BCUT2D eigenvalue weighted by Crippen LogP contribution is -2.27. The third kappa shape index (κ3) is 3.76. The first kappa shape index (κ1) is 15.7. The largest absolute Gasteiger partial charge is 0.419 e. The SMILES string of the molecule is FC(F)(F)c1cccnc1Nc1nccc(C2CCNCC2)n1. The summed E-state index contributed by atoms with van der Waals surface area (Å²) in [5.74, 6) is 0.137. The summed E-state index contributed by atoms with van der Waals surface area (Å²) in [4.78, 5) is 12.1. The molecule has 0 atom stereocenters. The van der Waals surface area contributed by atoms with Gasteiger partial charge in [0.2, 0.25) is 5.95 Å². The van der Waals surface area contributed by atoms with E-state index in [0.717, 1.165) is 37.7 Å². The minimum Gasteiger partial charge on any atom is -0.317 e. The van der Waals surface area contributed by atoms with Gasteiger partial charge < -0.3 is 10.6 Å². The molecule has 1 saturated heterocycles. The fourth-order valence-corrected chi connectivity index (χ4v) is 2.62. The molecule has 8 heteroatoms. The number of rotatable bonds is 3. The monoisotopic (exact) mass is 323 g/mol. The zero-order valence-corrected chi connectivity index (χ0v) is 12.3. The molecular formula is C15H16F3N5. The number of anilines is 2. The van der Waals surface area contributed by atoms with E-state index in [9.17, 15) is 13.2 Å². The zero-order valence-electron chi connectivity index (χ0n) is 12.3. The molecule has 1 aliphatic rings. The predicted octanol–water partition coefficient (Wildman–Crippen LogP) is 3.10. The normalized spacial score (nSPS) is 16.3. The Kier molecular flexibility index (Phi) is 4.42. The van der Waals surface area contributed by atoms with E-state index in [1.54, 1.807) is 6.20 Å². The van der Waals surface area contributed by atoms with Crippen LogP contribution in [0.1, 0.15) is 30.0 Å². The molecule has 2 N–H and O–H groups in total. The van der Waals surface area contributed by atoms with Crippen LogP contribution in [-0.2, 0) is 6.18 Å². The van der Waals surface area contributed by atoms with Crippen LogP contribution < -0.4 is 10.6 Å². The van der Waals surface area contributed by atoms with Gasteiger partial charge in [-0.2, -0.15) is 13.2 Å². The number of alkyl halides is 3. The number of hydrogen-bond donors (Lipinski definition) is 2. The third-order valence-corrected chi connectivity index (χ3v) is 3.78. The number of hydrogen-bond acceptors (Lipinski definition) is 5. The maximum Gasteiger partial charge on any atom is 0.419 e. The first-order valence-corrected chi connectivity index (χ1v) is 7.37. The lowest BCUT2D eigenvalue weighted by molar-refractivity contribution is -0.137. The molecule has 23 heavy (non-hydrogen) atoms. The van der Waals surface area contributed by atoms with Gasteiger partial charge in [-0.3, -0.25) is 0 Å². The molecule has 122 valence electrons. The predicted molar refractivity (Wildman–Crippen MR) is 79.4 cm³/mol. The Labute approximate surface area is 131 Å². The van der Waals surface area contributed by atoms with Gasteiger partial charge in [-0.05, 0) is 44.1 Å². The van der Waals surface area contributed by atoms with Crippen LogP contribution in [0.5, 0.6) is 0 Å². The molecule has 5 nitrogen and oxygen atoms in total. The van der Waals surface area contributed by atoms with Crippen LogP contribution >= 0.6 is 0 Å². The van der Waals surface area contributed by atoms with Crippen molar-refractivity contribution in [1.29, 1.82) is 0 Å². The van der Waals surface area contributed by atoms with Gasteiger partial charge in [0.15, 0.2) is 0 Å². The highest BCUT2D eigenvalue weighted by molar-refractivity contribution is 5.54. The average molecular weight is 323 g/mol. The Morgan fingerprint density at radius 3 is 2.61 bits per heavy atom. The van der Waals surface area contributed by atoms with E-state index in [-0.39, 0.29) is 11.8 Å². The molecule has 0 radical (unpaired) electrons. The van der Waals surface area contributed by atoms with Crippen molar-refractivity contribution >= 4 is 11.8 Å². The van der Waals surface area contributed by atoms with Gasteiger partial charge >= 0.3 is 6.18 Å². The molecule has 2 aromatic heterocycles. The van der Waals surface area contributed by atoms with E-state index < -0.39 is 11.7 Å². The molecule has 1 aliphatic heterocycles. The van der Waals surface area contributed by atoms with Gasteiger partial charge in [-0.1, -0.05) is 0 Å². The number of nitrogens with one attached hydrogen (secondary N) is 2. The number of halogens is 3. The molecular weight excluding hydrogens is 307 g/mol. The molecule has 3 rings (SSSR count). The Morgan fingerprint density at radius 1 is 1.09 bits per heavy atom. The standard InChI is InChI=1S/C15H16F3N5/c16-15(17,18)11-2-1-6-20-13(11)23-14-21-9-5-12(22-14)10-3-7-19-8-4-10/h1-2,5-6,9-10,19H,3-4,7-8H2,(H,20,21,22,23). The second-order valence-electron chi connectivity index (χ2n) is 5.35. The highest BCUT2D eigenvalue weighted by atomic mass is 19.4. The van der Waals surface area contributed by atoms with Crippen molar-refractivity contribution in [1.82, 2.24) is 20.3 Å². The van der Waals surface area contributed by atoms with Gasteiger partial charge in [0.25, 0.3) is 0 Å². The highest BCUT2D eigenvalue weighted by Gasteiger charge is 2.34. The molecule has 2 aromatic rings. The number of aromatic nitrogens is 3. The van der Waals surface area contributed by atoms with Crippen LogP contribution in [-0.4, -0.2) is 28.0 Å². The second kappa shape index (κ2) is 6.49. The van der Waals surface area contributed by atoms with Crippen LogP contribution in [0, 0.1) is 0 Å². The summed E-state index contributed by atoms with van der Waals surface area (Å²) in [7, 11) is 0. The highest BCUT2D eigenvalue weighted by Crippen LogP contribution is 2.34. The van der Waals surface area contributed by atoms with Gasteiger partial charge in [-0.25, -0.2) is 15.0 Å². The van der Waals surface area contributed by atoms with Crippen molar-refractivity contribution in [3.05, 3.63) is 41.9 Å². The second-order valence-corrected chi connectivity index (χ2v) is 5.35. The van der Waals surface area contributed by atoms with Crippen molar-refractivity contribution in [3.8, 4) is 0 Å². The van der Waals surface area contributed by atoms with Crippen molar-refractivity contribution in [2.45, 2.75) is 24.9 Å². The fourth-order valence-electron chi connectivity index (χ4n) is 2.62. The third-order valence-electron chi connectivity index (χ3n) is 3.78. The summed E-state index contributed by atoms with van der Waals surface area (Å²) in [5, 5.41) is 5.86. The van der Waals surface area contributed by atoms with Crippen molar-refractivity contribution in [3.63, 3.8) is 0 Å². The molecule has 0 saturated carbocycles.